The third-order valence-corrected chi connectivity index (χ3v) is 2.69. The van der Waals surface area contributed by atoms with Crippen molar-refractivity contribution in [2.24, 2.45) is 5.41 Å². The van der Waals surface area contributed by atoms with E-state index in [9.17, 15) is 0 Å². The standard InChI is InChI=1S/C12H27N/c1-10(2)13(8)12(6,7)9-11(3,4)5/h10H,9H2,1-8H3. The Labute approximate surface area is 84.5 Å². The van der Waals surface area contributed by atoms with Gasteiger partial charge in [-0.1, -0.05) is 20.8 Å². The summed E-state index contributed by atoms with van der Waals surface area (Å²) in [5.41, 5.74) is 0.707. The van der Waals surface area contributed by atoms with Crippen LogP contribution in [0.15, 0.2) is 0 Å². The summed E-state index contributed by atoms with van der Waals surface area (Å²) in [5.74, 6) is 0. The topological polar surface area (TPSA) is 3.24 Å². The maximum atomic E-state index is 2.46. The van der Waals surface area contributed by atoms with Crippen molar-refractivity contribution in [2.75, 3.05) is 7.05 Å². The van der Waals surface area contributed by atoms with Gasteiger partial charge in [-0.05, 0) is 46.6 Å². The van der Waals surface area contributed by atoms with Gasteiger partial charge in [-0.3, -0.25) is 4.90 Å². The molecule has 0 N–H and O–H groups in total. The van der Waals surface area contributed by atoms with Crippen molar-refractivity contribution in [3.05, 3.63) is 0 Å². The highest BCUT2D eigenvalue weighted by Crippen LogP contribution is 2.31. The maximum absolute atomic E-state index is 2.46. The zero-order chi connectivity index (χ0) is 10.9. The Hall–Kier alpha value is -0.0400. The van der Waals surface area contributed by atoms with Gasteiger partial charge in [0, 0.05) is 11.6 Å². The lowest BCUT2D eigenvalue weighted by molar-refractivity contribution is 0.0762. The van der Waals surface area contributed by atoms with Crippen molar-refractivity contribution in [3.8, 4) is 0 Å². The van der Waals surface area contributed by atoms with Gasteiger partial charge in [-0.25, -0.2) is 0 Å². The Morgan fingerprint density at radius 2 is 1.38 bits per heavy atom. The van der Waals surface area contributed by atoms with Gasteiger partial charge >= 0.3 is 0 Å². The summed E-state index contributed by atoms with van der Waals surface area (Å²) in [7, 11) is 2.22. The van der Waals surface area contributed by atoms with E-state index in [-0.39, 0.29) is 0 Å². The van der Waals surface area contributed by atoms with Crippen LogP contribution in [-0.2, 0) is 0 Å². The minimum Gasteiger partial charge on any atom is -0.299 e. The van der Waals surface area contributed by atoms with Crippen LogP contribution < -0.4 is 0 Å². The second kappa shape index (κ2) is 4.00. The summed E-state index contributed by atoms with van der Waals surface area (Å²) in [6, 6.07) is 0.623. The van der Waals surface area contributed by atoms with E-state index in [1.807, 2.05) is 0 Å². The molecule has 0 saturated heterocycles. The summed E-state index contributed by atoms with van der Waals surface area (Å²) in [5, 5.41) is 0. The molecule has 0 aromatic heterocycles. The molecule has 0 aliphatic heterocycles. The fourth-order valence-electron chi connectivity index (χ4n) is 2.12. The molecule has 0 aliphatic rings. The summed E-state index contributed by atoms with van der Waals surface area (Å²) in [4.78, 5) is 2.46. The summed E-state index contributed by atoms with van der Waals surface area (Å²) < 4.78 is 0. The Morgan fingerprint density at radius 1 is 1.00 bits per heavy atom. The van der Waals surface area contributed by atoms with Crippen LogP contribution >= 0.6 is 0 Å². The van der Waals surface area contributed by atoms with Crippen LogP contribution in [0.5, 0.6) is 0 Å². The van der Waals surface area contributed by atoms with Crippen LogP contribution in [0.1, 0.15) is 54.9 Å². The van der Waals surface area contributed by atoms with E-state index in [2.05, 4.69) is 60.4 Å². The molecule has 0 heterocycles. The quantitative estimate of drug-likeness (QED) is 0.650. The van der Waals surface area contributed by atoms with E-state index in [0.717, 1.165) is 0 Å². The first-order valence-electron chi connectivity index (χ1n) is 5.29. The molecule has 80 valence electrons. The summed E-state index contributed by atoms with van der Waals surface area (Å²) in [6.45, 7) is 16.1. The van der Waals surface area contributed by atoms with Gasteiger partial charge in [-0.2, -0.15) is 0 Å². The van der Waals surface area contributed by atoms with E-state index in [4.69, 9.17) is 0 Å². The van der Waals surface area contributed by atoms with Crippen molar-refractivity contribution in [1.82, 2.24) is 4.90 Å². The van der Waals surface area contributed by atoms with Gasteiger partial charge in [0.05, 0.1) is 0 Å². The first-order chi connectivity index (χ1) is 5.56. The molecule has 0 fully saturated rings. The van der Waals surface area contributed by atoms with E-state index >= 15 is 0 Å². The second-order valence-electron chi connectivity index (χ2n) is 6.25. The SMILES string of the molecule is CC(C)N(C)C(C)(C)CC(C)(C)C. The fraction of sp³-hybridized carbons (Fsp3) is 1.00. The highest BCUT2D eigenvalue weighted by atomic mass is 15.2. The maximum Gasteiger partial charge on any atom is 0.0157 e. The molecule has 0 rings (SSSR count). The van der Waals surface area contributed by atoms with Crippen LogP contribution in [-0.4, -0.2) is 23.5 Å². The molecule has 0 saturated carbocycles. The highest BCUT2D eigenvalue weighted by Gasteiger charge is 2.30. The van der Waals surface area contributed by atoms with Crippen LogP contribution in [0.25, 0.3) is 0 Å². The summed E-state index contributed by atoms with van der Waals surface area (Å²) >= 11 is 0. The highest BCUT2D eigenvalue weighted by molar-refractivity contribution is 4.85. The summed E-state index contributed by atoms with van der Waals surface area (Å²) in [6.07, 6.45) is 1.23. The van der Waals surface area contributed by atoms with Crippen molar-refractivity contribution in [2.45, 2.75) is 66.5 Å². The Bertz CT molecular complexity index is 151. The zero-order valence-corrected chi connectivity index (χ0v) is 10.7. The van der Waals surface area contributed by atoms with Crippen molar-refractivity contribution < 1.29 is 0 Å². The second-order valence-corrected chi connectivity index (χ2v) is 6.25. The van der Waals surface area contributed by atoms with E-state index < -0.39 is 0 Å². The number of nitrogens with zero attached hydrogens (tertiary/aromatic N) is 1. The molecule has 0 amide bonds. The lowest BCUT2D eigenvalue weighted by Crippen LogP contribution is -2.47. The molecular formula is C12H27N. The Morgan fingerprint density at radius 3 is 1.62 bits per heavy atom. The van der Waals surface area contributed by atoms with Gasteiger partial charge in [0.2, 0.25) is 0 Å². The Balaban J connectivity index is 4.39. The van der Waals surface area contributed by atoms with Crippen LogP contribution in [0.4, 0.5) is 0 Å². The molecule has 0 bridgehead atoms. The molecule has 0 unspecified atom stereocenters. The van der Waals surface area contributed by atoms with E-state index in [0.29, 0.717) is 17.0 Å². The van der Waals surface area contributed by atoms with Gasteiger partial charge in [0.25, 0.3) is 0 Å². The van der Waals surface area contributed by atoms with Gasteiger partial charge < -0.3 is 0 Å². The average Bonchev–Trinajstić information content (AvgIpc) is 1.80. The molecule has 0 spiro atoms. The minimum atomic E-state index is 0.298. The lowest BCUT2D eigenvalue weighted by atomic mass is 9.80. The van der Waals surface area contributed by atoms with Crippen molar-refractivity contribution in [3.63, 3.8) is 0 Å². The zero-order valence-electron chi connectivity index (χ0n) is 10.7. The third-order valence-electron chi connectivity index (χ3n) is 2.69. The first kappa shape index (κ1) is 13.0. The van der Waals surface area contributed by atoms with Crippen LogP contribution in [0.2, 0.25) is 0 Å². The van der Waals surface area contributed by atoms with Crippen molar-refractivity contribution in [1.29, 1.82) is 0 Å². The average molecular weight is 185 g/mol. The first-order valence-corrected chi connectivity index (χ1v) is 5.29. The van der Waals surface area contributed by atoms with Crippen LogP contribution in [0.3, 0.4) is 0 Å². The molecule has 1 nitrogen and oxygen atoms in total. The molecule has 0 aromatic carbocycles. The number of rotatable bonds is 3. The fourth-order valence-corrected chi connectivity index (χ4v) is 2.12. The minimum absolute atomic E-state index is 0.298. The smallest absolute Gasteiger partial charge is 0.0157 e. The van der Waals surface area contributed by atoms with E-state index in [1.54, 1.807) is 0 Å². The van der Waals surface area contributed by atoms with E-state index in [1.165, 1.54) is 6.42 Å². The molecule has 1 heteroatoms. The predicted octanol–water partition coefficient (Wildman–Crippen LogP) is 3.54. The number of hydrogen-bond donors (Lipinski definition) is 0. The predicted molar refractivity (Wildman–Crippen MR) is 61.1 cm³/mol. The van der Waals surface area contributed by atoms with Gasteiger partial charge in [-0.15, -0.1) is 0 Å². The third kappa shape index (κ3) is 4.66. The monoisotopic (exact) mass is 185 g/mol. The number of hydrogen-bond acceptors (Lipinski definition) is 1. The Kier molecular flexibility index (Phi) is 3.98. The lowest BCUT2D eigenvalue weighted by Gasteiger charge is -2.42. The normalized spacial score (nSPS) is 14.3. The molecule has 0 aliphatic carbocycles. The molecule has 0 aromatic rings. The molecule has 13 heavy (non-hydrogen) atoms. The molecule has 0 atom stereocenters. The van der Waals surface area contributed by atoms with Crippen LogP contribution in [0, 0.1) is 5.41 Å². The van der Waals surface area contributed by atoms with Gasteiger partial charge in [0.15, 0.2) is 0 Å². The molecular weight excluding hydrogens is 158 g/mol. The largest absolute Gasteiger partial charge is 0.299 e. The molecule has 0 radical (unpaired) electrons. The van der Waals surface area contributed by atoms with Gasteiger partial charge in [0.1, 0.15) is 0 Å². The van der Waals surface area contributed by atoms with Crippen molar-refractivity contribution >= 4 is 0 Å².